The molecule has 1 aliphatic heterocycles. The summed E-state index contributed by atoms with van der Waals surface area (Å²) in [4.78, 5) is 37.0. The minimum atomic E-state index is -0.855. The first-order chi connectivity index (χ1) is 11.5. The number of urea groups is 1. The lowest BCUT2D eigenvalue weighted by atomic mass is 9.82. The summed E-state index contributed by atoms with van der Waals surface area (Å²) in [5, 5.41) is 3.54. The largest absolute Gasteiger partial charge is 0.481 e. The molecule has 1 saturated heterocycles. The van der Waals surface area contributed by atoms with Crippen LogP contribution in [-0.4, -0.2) is 34.5 Å². The number of benzene rings is 1. The molecule has 1 aromatic rings. The molecule has 7 nitrogen and oxygen atoms in total. The minimum absolute atomic E-state index is 0.382. The second kappa shape index (κ2) is 6.51. The summed E-state index contributed by atoms with van der Waals surface area (Å²) in [6, 6.07) is 8.31. The fourth-order valence-electron chi connectivity index (χ4n) is 3.17. The molecule has 2 aliphatic rings. The number of imide groups is 1. The van der Waals surface area contributed by atoms with Crippen molar-refractivity contribution >= 4 is 17.8 Å². The highest BCUT2D eigenvalue weighted by atomic mass is 16.5. The van der Waals surface area contributed by atoms with Gasteiger partial charge in [-0.1, -0.05) is 37.5 Å². The monoisotopic (exact) mass is 331 g/mol. The van der Waals surface area contributed by atoms with E-state index in [4.69, 9.17) is 4.74 Å². The molecule has 2 fully saturated rings. The van der Waals surface area contributed by atoms with E-state index in [1.54, 1.807) is 31.2 Å². The minimum Gasteiger partial charge on any atom is -0.481 e. The molecule has 0 bridgehead atoms. The Bertz CT molecular complexity index is 640. The van der Waals surface area contributed by atoms with Gasteiger partial charge in [0, 0.05) is 0 Å². The van der Waals surface area contributed by atoms with E-state index in [0.717, 1.165) is 24.3 Å². The number of nitrogens with one attached hydrogen (secondary N) is 2. The van der Waals surface area contributed by atoms with Gasteiger partial charge in [-0.3, -0.25) is 15.0 Å². The van der Waals surface area contributed by atoms with E-state index in [2.05, 4.69) is 10.7 Å². The van der Waals surface area contributed by atoms with Crippen LogP contribution in [0.1, 0.15) is 39.0 Å². The van der Waals surface area contributed by atoms with Gasteiger partial charge in [-0.15, -0.1) is 0 Å². The van der Waals surface area contributed by atoms with Crippen LogP contribution in [-0.2, 0) is 9.59 Å². The van der Waals surface area contributed by atoms with Gasteiger partial charge in [0.1, 0.15) is 11.3 Å². The lowest BCUT2D eigenvalue weighted by Crippen LogP contribution is -2.53. The smallest absolute Gasteiger partial charge is 0.344 e. The Morgan fingerprint density at radius 3 is 2.54 bits per heavy atom. The lowest BCUT2D eigenvalue weighted by Gasteiger charge is -2.30. The average molecular weight is 331 g/mol. The zero-order valence-electron chi connectivity index (χ0n) is 13.6. The van der Waals surface area contributed by atoms with Crippen molar-refractivity contribution in [3.8, 4) is 5.75 Å². The summed E-state index contributed by atoms with van der Waals surface area (Å²) in [6.07, 6.45) is 3.22. The van der Waals surface area contributed by atoms with Crippen molar-refractivity contribution in [1.82, 2.24) is 15.8 Å². The SMILES string of the molecule is CC(Oc1ccccc1)C(=O)NN1C(=O)NC2(CCCCC2)C1=O. The number of ether oxygens (including phenoxy) is 1. The van der Waals surface area contributed by atoms with Crippen LogP contribution in [0, 0.1) is 0 Å². The topological polar surface area (TPSA) is 87.7 Å². The molecule has 1 unspecified atom stereocenters. The zero-order valence-corrected chi connectivity index (χ0v) is 13.6. The fourth-order valence-corrected chi connectivity index (χ4v) is 3.17. The molecule has 7 heteroatoms. The summed E-state index contributed by atoms with van der Waals surface area (Å²) < 4.78 is 5.51. The molecule has 0 aromatic heterocycles. The highest BCUT2D eigenvalue weighted by Gasteiger charge is 2.52. The number of carbonyl (C=O) groups is 3. The first kappa shape index (κ1) is 16.3. The number of rotatable bonds is 4. The van der Waals surface area contributed by atoms with Crippen LogP contribution >= 0.6 is 0 Å². The average Bonchev–Trinajstić information content (AvgIpc) is 2.80. The van der Waals surface area contributed by atoms with Crippen LogP contribution in [0.25, 0.3) is 0 Å². The number of hydrogen-bond acceptors (Lipinski definition) is 4. The van der Waals surface area contributed by atoms with E-state index in [1.165, 1.54) is 0 Å². The molecule has 1 aliphatic carbocycles. The first-order valence-electron chi connectivity index (χ1n) is 8.21. The Hall–Kier alpha value is -2.57. The van der Waals surface area contributed by atoms with Gasteiger partial charge in [-0.05, 0) is 31.9 Å². The standard InChI is InChI=1S/C17H21N3O4/c1-12(24-13-8-4-2-5-9-13)14(21)19-20-15(22)17(18-16(20)23)10-6-3-7-11-17/h2,4-5,8-9,12H,3,6-7,10-11H2,1H3,(H,18,23)(H,19,21). The molecule has 4 amide bonds. The van der Waals surface area contributed by atoms with Crippen molar-refractivity contribution in [2.24, 2.45) is 0 Å². The Morgan fingerprint density at radius 2 is 1.88 bits per heavy atom. The summed E-state index contributed by atoms with van der Waals surface area (Å²) in [7, 11) is 0. The summed E-state index contributed by atoms with van der Waals surface area (Å²) >= 11 is 0. The predicted molar refractivity (Wildman–Crippen MR) is 85.9 cm³/mol. The van der Waals surface area contributed by atoms with Gasteiger partial charge < -0.3 is 10.1 Å². The second-order valence-electron chi connectivity index (χ2n) is 6.26. The molecule has 24 heavy (non-hydrogen) atoms. The van der Waals surface area contributed by atoms with Crippen LogP contribution in [0.2, 0.25) is 0 Å². The quantitative estimate of drug-likeness (QED) is 0.823. The van der Waals surface area contributed by atoms with Gasteiger partial charge in [0.2, 0.25) is 0 Å². The van der Waals surface area contributed by atoms with Crippen molar-refractivity contribution in [1.29, 1.82) is 0 Å². The van der Waals surface area contributed by atoms with Crippen LogP contribution in [0.3, 0.4) is 0 Å². The normalized spacial score (nSPS) is 20.6. The Kier molecular flexibility index (Phi) is 4.42. The highest BCUT2D eigenvalue weighted by molar-refractivity contribution is 6.08. The molecule has 3 rings (SSSR count). The third-order valence-electron chi connectivity index (χ3n) is 4.52. The van der Waals surface area contributed by atoms with E-state index >= 15 is 0 Å². The zero-order chi connectivity index (χ0) is 17.2. The molecular formula is C17H21N3O4. The van der Waals surface area contributed by atoms with Crippen LogP contribution in [0.15, 0.2) is 30.3 Å². The Morgan fingerprint density at radius 1 is 1.21 bits per heavy atom. The van der Waals surface area contributed by atoms with Crippen molar-refractivity contribution in [3.63, 3.8) is 0 Å². The maximum Gasteiger partial charge on any atom is 0.344 e. The van der Waals surface area contributed by atoms with Gasteiger partial charge in [0.25, 0.3) is 11.8 Å². The van der Waals surface area contributed by atoms with Gasteiger partial charge in [-0.2, -0.15) is 5.01 Å². The van der Waals surface area contributed by atoms with Crippen molar-refractivity contribution < 1.29 is 19.1 Å². The number of amides is 4. The Balaban J connectivity index is 1.63. The van der Waals surface area contributed by atoms with E-state index in [9.17, 15) is 14.4 Å². The molecule has 1 heterocycles. The summed E-state index contributed by atoms with van der Waals surface area (Å²) in [6.45, 7) is 1.57. The van der Waals surface area contributed by atoms with Gasteiger partial charge in [-0.25, -0.2) is 4.79 Å². The van der Waals surface area contributed by atoms with Crippen LogP contribution in [0.4, 0.5) is 4.79 Å². The van der Waals surface area contributed by atoms with Crippen LogP contribution < -0.4 is 15.5 Å². The number of hydrazine groups is 1. The maximum absolute atomic E-state index is 12.6. The van der Waals surface area contributed by atoms with E-state index in [-0.39, 0.29) is 5.91 Å². The van der Waals surface area contributed by atoms with Crippen molar-refractivity contribution in [2.75, 3.05) is 0 Å². The van der Waals surface area contributed by atoms with Crippen molar-refractivity contribution in [2.45, 2.75) is 50.7 Å². The molecule has 0 radical (unpaired) electrons. The van der Waals surface area contributed by atoms with Gasteiger partial charge in [0.05, 0.1) is 0 Å². The Labute approximate surface area is 140 Å². The van der Waals surface area contributed by atoms with Gasteiger partial charge in [0.15, 0.2) is 6.10 Å². The number of carbonyl (C=O) groups excluding carboxylic acids is 3. The molecule has 128 valence electrons. The second-order valence-corrected chi connectivity index (χ2v) is 6.26. The lowest BCUT2D eigenvalue weighted by molar-refractivity contribution is -0.142. The third-order valence-corrected chi connectivity index (χ3v) is 4.52. The predicted octanol–water partition coefficient (Wildman–Crippen LogP) is 1.74. The molecule has 1 saturated carbocycles. The molecular weight excluding hydrogens is 310 g/mol. The third kappa shape index (κ3) is 3.06. The van der Waals surface area contributed by atoms with E-state index in [1.807, 2.05) is 6.07 Å². The molecule has 1 aromatic carbocycles. The highest BCUT2D eigenvalue weighted by Crippen LogP contribution is 2.33. The maximum atomic E-state index is 12.6. The molecule has 1 spiro atoms. The number of nitrogens with zero attached hydrogens (tertiary/aromatic N) is 1. The van der Waals surface area contributed by atoms with Gasteiger partial charge >= 0.3 is 6.03 Å². The summed E-state index contributed by atoms with van der Waals surface area (Å²) in [5.41, 5.74) is 1.52. The van der Waals surface area contributed by atoms with Crippen molar-refractivity contribution in [3.05, 3.63) is 30.3 Å². The van der Waals surface area contributed by atoms with E-state index < -0.39 is 23.6 Å². The number of para-hydroxylation sites is 1. The molecule has 1 atom stereocenters. The van der Waals surface area contributed by atoms with Crippen LogP contribution in [0.5, 0.6) is 5.75 Å². The molecule has 2 N–H and O–H groups in total. The van der Waals surface area contributed by atoms with E-state index in [0.29, 0.717) is 18.6 Å². The summed E-state index contributed by atoms with van der Waals surface area (Å²) in [5.74, 6) is -0.385. The first-order valence-corrected chi connectivity index (χ1v) is 8.21. The number of hydrogen-bond donors (Lipinski definition) is 2. The fraction of sp³-hybridized carbons (Fsp3) is 0.471.